The summed E-state index contributed by atoms with van der Waals surface area (Å²) in [6.45, 7) is 4.32. The van der Waals surface area contributed by atoms with Gasteiger partial charge in [0.15, 0.2) is 0 Å². The van der Waals surface area contributed by atoms with Crippen molar-refractivity contribution in [2.75, 3.05) is 44.4 Å². The van der Waals surface area contributed by atoms with Crippen LogP contribution in [0.1, 0.15) is 27.9 Å². The zero-order chi connectivity index (χ0) is 23.3. The van der Waals surface area contributed by atoms with Gasteiger partial charge in [-0.05, 0) is 36.3 Å². The summed E-state index contributed by atoms with van der Waals surface area (Å²) in [6.07, 6.45) is 4.80. The molecule has 1 saturated heterocycles. The first kappa shape index (κ1) is 24.6. The summed E-state index contributed by atoms with van der Waals surface area (Å²) in [5.41, 5.74) is 3.51. The van der Waals surface area contributed by atoms with Crippen LogP contribution in [0.15, 0.2) is 72.9 Å². The molecule has 2 aromatic carbocycles. The largest absolute Gasteiger partial charge is 0.478 e. The van der Waals surface area contributed by atoms with Crippen LogP contribution in [0, 0.1) is 0 Å². The smallest absolute Gasteiger partial charge is 0.339 e. The maximum atomic E-state index is 11.5. The number of rotatable bonds is 5. The Morgan fingerprint density at radius 2 is 1.54 bits per heavy atom. The molecule has 0 aliphatic carbocycles. The zero-order valence-corrected chi connectivity index (χ0v) is 20.1. The Labute approximate surface area is 211 Å². The Kier molecular flexibility index (Phi) is 7.90. The number of hydrogen-bond acceptors (Lipinski definition) is 6. The van der Waals surface area contributed by atoms with Crippen LogP contribution in [0.4, 0.5) is 5.82 Å². The van der Waals surface area contributed by atoms with Crippen LogP contribution in [-0.2, 0) is 0 Å². The predicted octanol–water partition coefficient (Wildman–Crippen LogP) is 4.57. The number of nitrogens with zero attached hydrogens (tertiary/aromatic N) is 3. The van der Waals surface area contributed by atoms with E-state index in [-0.39, 0.29) is 24.8 Å². The second-order valence-electron chi connectivity index (χ2n) is 8.31. The van der Waals surface area contributed by atoms with Gasteiger partial charge in [0.25, 0.3) is 0 Å². The van der Waals surface area contributed by atoms with E-state index in [0.29, 0.717) is 5.82 Å². The van der Waals surface area contributed by atoms with Crippen LogP contribution in [0.3, 0.4) is 0 Å². The number of carboxylic acid groups (broad SMARTS) is 1. The average molecular weight is 494 g/mol. The van der Waals surface area contributed by atoms with Crippen molar-refractivity contribution in [3.05, 3.63) is 89.6 Å². The number of benzene rings is 2. The van der Waals surface area contributed by atoms with Gasteiger partial charge in [0.2, 0.25) is 6.79 Å². The number of halogens is 1. The number of anilines is 1. The van der Waals surface area contributed by atoms with Gasteiger partial charge in [-0.2, -0.15) is 0 Å². The molecule has 1 aromatic heterocycles. The molecular weight excluding hydrogens is 466 g/mol. The van der Waals surface area contributed by atoms with Crippen LogP contribution in [-0.4, -0.2) is 60.5 Å². The Morgan fingerprint density at radius 3 is 2.17 bits per heavy atom. The Bertz CT molecular complexity index is 1160. The van der Waals surface area contributed by atoms with Crippen molar-refractivity contribution in [1.82, 2.24) is 9.88 Å². The first-order chi connectivity index (χ1) is 16.7. The van der Waals surface area contributed by atoms with Gasteiger partial charge in [-0.15, -0.1) is 12.4 Å². The number of aromatic carboxylic acids is 1. The predicted molar refractivity (Wildman–Crippen MR) is 138 cm³/mol. The number of aromatic nitrogens is 1. The van der Waals surface area contributed by atoms with E-state index in [4.69, 9.17) is 9.47 Å². The summed E-state index contributed by atoms with van der Waals surface area (Å²) in [7, 11) is 0. The standard InChI is InChI=1S/C27H27N3O4.ClH/c31-27(32)23-9-5-13-28-26(23)30-17-15-29(16-18-30)14-6-10-20-21-7-1-3-11-24(21)33-19-34-25-12-4-2-8-22(20)25;/h1-5,7-13H,6,14-19H2,(H,31,32);1H. The van der Waals surface area contributed by atoms with Gasteiger partial charge in [0, 0.05) is 50.0 Å². The maximum Gasteiger partial charge on any atom is 0.339 e. The van der Waals surface area contributed by atoms with E-state index in [1.807, 2.05) is 36.4 Å². The van der Waals surface area contributed by atoms with E-state index in [1.54, 1.807) is 18.3 Å². The lowest BCUT2D eigenvalue weighted by molar-refractivity contribution is 0.0697. The molecule has 2 aliphatic heterocycles. The molecule has 3 heterocycles. The van der Waals surface area contributed by atoms with Crippen LogP contribution in [0.5, 0.6) is 11.5 Å². The van der Waals surface area contributed by atoms with Crippen molar-refractivity contribution in [3.8, 4) is 11.5 Å². The average Bonchev–Trinajstić information content (AvgIpc) is 2.87. The molecule has 1 fully saturated rings. The van der Waals surface area contributed by atoms with E-state index in [2.05, 4.69) is 33.0 Å². The molecule has 5 rings (SSSR count). The molecule has 1 N–H and O–H groups in total. The first-order valence-corrected chi connectivity index (χ1v) is 11.5. The van der Waals surface area contributed by atoms with Crippen molar-refractivity contribution in [2.24, 2.45) is 0 Å². The molecule has 0 spiro atoms. The normalized spacial score (nSPS) is 15.3. The van der Waals surface area contributed by atoms with Crippen LogP contribution < -0.4 is 14.4 Å². The van der Waals surface area contributed by atoms with Crippen LogP contribution in [0.2, 0.25) is 0 Å². The molecule has 2 aliphatic rings. The fourth-order valence-electron chi connectivity index (χ4n) is 4.54. The van der Waals surface area contributed by atoms with E-state index in [0.717, 1.165) is 67.3 Å². The number of ether oxygens (including phenoxy) is 2. The van der Waals surface area contributed by atoms with Crippen molar-refractivity contribution < 1.29 is 19.4 Å². The third-order valence-corrected chi connectivity index (χ3v) is 6.27. The summed E-state index contributed by atoms with van der Waals surface area (Å²) in [6, 6.07) is 19.4. The number of piperazine rings is 1. The molecule has 0 unspecified atom stereocenters. The molecule has 8 heteroatoms. The number of para-hydroxylation sites is 2. The van der Waals surface area contributed by atoms with Gasteiger partial charge in [-0.3, -0.25) is 4.90 Å². The van der Waals surface area contributed by atoms with Crippen molar-refractivity contribution in [1.29, 1.82) is 0 Å². The lowest BCUT2D eigenvalue weighted by atomic mass is 9.95. The number of pyridine rings is 1. The fraction of sp³-hybridized carbons (Fsp3) is 0.259. The summed E-state index contributed by atoms with van der Waals surface area (Å²) < 4.78 is 11.7. The van der Waals surface area contributed by atoms with Crippen LogP contribution in [0.25, 0.3) is 5.57 Å². The minimum Gasteiger partial charge on any atom is -0.478 e. The molecule has 0 atom stereocenters. The molecule has 182 valence electrons. The summed E-state index contributed by atoms with van der Waals surface area (Å²) >= 11 is 0. The van der Waals surface area contributed by atoms with E-state index in [1.165, 1.54) is 0 Å². The zero-order valence-electron chi connectivity index (χ0n) is 19.3. The Morgan fingerprint density at radius 1 is 0.914 bits per heavy atom. The number of carboxylic acids is 1. The van der Waals surface area contributed by atoms with Gasteiger partial charge in [-0.25, -0.2) is 9.78 Å². The molecule has 0 radical (unpaired) electrons. The second-order valence-corrected chi connectivity index (χ2v) is 8.31. The van der Waals surface area contributed by atoms with Crippen molar-refractivity contribution >= 4 is 29.8 Å². The third-order valence-electron chi connectivity index (χ3n) is 6.27. The first-order valence-electron chi connectivity index (χ1n) is 11.5. The maximum absolute atomic E-state index is 11.5. The van der Waals surface area contributed by atoms with Gasteiger partial charge in [0.05, 0.1) is 0 Å². The quantitative estimate of drug-likeness (QED) is 0.557. The SMILES string of the molecule is Cl.O=C(O)c1cccnc1N1CCN(CCC=C2c3ccccc3OCOc3ccccc32)CC1. The number of fused-ring (bicyclic) bond motifs is 2. The molecule has 0 amide bonds. The highest BCUT2D eigenvalue weighted by Crippen LogP contribution is 2.37. The molecule has 7 nitrogen and oxygen atoms in total. The van der Waals surface area contributed by atoms with Crippen LogP contribution >= 0.6 is 12.4 Å². The minimum absolute atomic E-state index is 0. The van der Waals surface area contributed by atoms with E-state index in [9.17, 15) is 9.90 Å². The van der Waals surface area contributed by atoms with Gasteiger partial charge in [-0.1, -0.05) is 42.5 Å². The molecule has 0 bridgehead atoms. The third kappa shape index (κ3) is 5.42. The highest BCUT2D eigenvalue weighted by molar-refractivity contribution is 5.93. The number of hydrogen-bond donors (Lipinski definition) is 1. The molecule has 0 saturated carbocycles. The lowest BCUT2D eigenvalue weighted by Gasteiger charge is -2.35. The number of carbonyl (C=O) groups is 1. The fourth-order valence-corrected chi connectivity index (χ4v) is 4.54. The molecular formula is C27H28ClN3O4. The summed E-state index contributed by atoms with van der Waals surface area (Å²) in [4.78, 5) is 20.3. The minimum atomic E-state index is -0.940. The molecule has 3 aromatic rings. The molecule has 35 heavy (non-hydrogen) atoms. The van der Waals surface area contributed by atoms with Gasteiger partial charge < -0.3 is 19.5 Å². The Hall–Kier alpha value is -3.55. The van der Waals surface area contributed by atoms with Crippen molar-refractivity contribution in [3.63, 3.8) is 0 Å². The summed E-state index contributed by atoms with van der Waals surface area (Å²) in [5, 5.41) is 9.46. The highest BCUT2D eigenvalue weighted by Gasteiger charge is 2.22. The van der Waals surface area contributed by atoms with E-state index >= 15 is 0 Å². The monoisotopic (exact) mass is 493 g/mol. The van der Waals surface area contributed by atoms with Gasteiger partial charge in [0.1, 0.15) is 22.9 Å². The van der Waals surface area contributed by atoms with Gasteiger partial charge >= 0.3 is 5.97 Å². The summed E-state index contributed by atoms with van der Waals surface area (Å²) in [5.74, 6) is 1.26. The second kappa shape index (κ2) is 11.3. The van der Waals surface area contributed by atoms with E-state index < -0.39 is 5.97 Å². The van der Waals surface area contributed by atoms with Crippen molar-refractivity contribution in [2.45, 2.75) is 6.42 Å². The topological polar surface area (TPSA) is 75.1 Å². The lowest BCUT2D eigenvalue weighted by Crippen LogP contribution is -2.47. The highest BCUT2D eigenvalue weighted by atomic mass is 35.5. The Balaban J connectivity index is 0.00000289.